The molecule has 0 aliphatic rings. The van der Waals surface area contributed by atoms with Crippen LogP contribution in [0.2, 0.25) is 0 Å². The number of anilines is 1. The van der Waals surface area contributed by atoms with Gasteiger partial charge in [-0.05, 0) is 19.1 Å². The highest BCUT2D eigenvalue weighted by atomic mass is 19.4. The van der Waals surface area contributed by atoms with Gasteiger partial charge in [0.2, 0.25) is 11.8 Å². The summed E-state index contributed by atoms with van der Waals surface area (Å²) in [7, 11) is 1.42. The van der Waals surface area contributed by atoms with E-state index in [0.717, 1.165) is 12.1 Å². The number of alkyl halides is 3. The molecule has 0 aliphatic carbocycles. The molecular weight excluding hydrogens is 339 g/mol. The maximum atomic E-state index is 12.9. The number of amides is 2. The molecule has 0 heterocycles. The number of likely N-dealkylation sites (N-methyl/N-ethyl adjacent to an activating group) is 1. The molecule has 3 N–H and O–H groups in total. The van der Waals surface area contributed by atoms with E-state index >= 15 is 0 Å². The molecule has 0 aliphatic heterocycles. The lowest BCUT2D eigenvalue weighted by Gasteiger charge is -2.23. The Kier molecular flexibility index (Phi) is 7.85. The topological polar surface area (TPSA) is 84.7 Å². The number of methoxy groups -OCH3 is 1. The molecule has 1 aromatic rings. The highest BCUT2D eigenvalue weighted by Crippen LogP contribution is 2.34. The van der Waals surface area contributed by atoms with Crippen molar-refractivity contribution >= 4 is 17.5 Å². The highest BCUT2D eigenvalue weighted by Gasteiger charge is 2.33. The van der Waals surface area contributed by atoms with Crippen LogP contribution >= 0.6 is 0 Å². The molecule has 6 nitrogen and oxygen atoms in total. The second-order valence-corrected chi connectivity index (χ2v) is 5.30. The Morgan fingerprint density at radius 3 is 2.48 bits per heavy atom. The van der Waals surface area contributed by atoms with E-state index in [0.29, 0.717) is 0 Å². The number of hydrogen-bond acceptors (Lipinski definition) is 4. The van der Waals surface area contributed by atoms with E-state index in [2.05, 4.69) is 5.32 Å². The first kappa shape index (κ1) is 20.9. The van der Waals surface area contributed by atoms with E-state index in [4.69, 9.17) is 10.5 Å². The van der Waals surface area contributed by atoms with E-state index in [-0.39, 0.29) is 37.6 Å². The molecule has 9 heteroatoms. The molecular formula is C16H22F3N3O3. The lowest BCUT2D eigenvalue weighted by atomic mass is 10.1. The first-order chi connectivity index (χ1) is 11.7. The number of nitrogens with two attached hydrogens (primary N) is 1. The van der Waals surface area contributed by atoms with Crippen molar-refractivity contribution in [3.05, 3.63) is 29.8 Å². The highest BCUT2D eigenvalue weighted by molar-refractivity contribution is 5.95. The molecule has 1 rings (SSSR count). The zero-order chi connectivity index (χ0) is 19.0. The van der Waals surface area contributed by atoms with E-state index in [9.17, 15) is 22.8 Å². The molecule has 25 heavy (non-hydrogen) atoms. The van der Waals surface area contributed by atoms with Crippen LogP contribution < -0.4 is 11.1 Å². The fourth-order valence-electron chi connectivity index (χ4n) is 2.17. The van der Waals surface area contributed by atoms with E-state index < -0.39 is 23.8 Å². The normalized spacial score (nSPS) is 12.6. The Morgan fingerprint density at radius 1 is 1.32 bits per heavy atom. The summed E-state index contributed by atoms with van der Waals surface area (Å²) in [5.74, 6) is -1.08. The minimum absolute atomic E-state index is 0.00669. The number of halogens is 3. The third kappa shape index (κ3) is 6.35. The smallest absolute Gasteiger partial charge is 0.380 e. The van der Waals surface area contributed by atoms with Crippen LogP contribution in [0.4, 0.5) is 18.9 Å². The van der Waals surface area contributed by atoms with Crippen molar-refractivity contribution in [2.75, 3.05) is 32.1 Å². The molecule has 0 saturated heterocycles. The van der Waals surface area contributed by atoms with Crippen molar-refractivity contribution in [3.8, 4) is 0 Å². The molecule has 0 fully saturated rings. The summed E-state index contributed by atoms with van der Waals surface area (Å²) in [4.78, 5) is 25.4. The van der Waals surface area contributed by atoms with Crippen molar-refractivity contribution in [1.29, 1.82) is 0 Å². The maximum absolute atomic E-state index is 12.9. The SMILES string of the molecule is CCN(CC(=O)Nc1ccccc1C(F)(F)F)C(=O)CC(CN)OC. The zero-order valence-electron chi connectivity index (χ0n) is 14.1. The van der Waals surface area contributed by atoms with Crippen LogP contribution in [0.3, 0.4) is 0 Å². The summed E-state index contributed by atoms with van der Waals surface area (Å²) in [6, 6.07) is 4.66. The third-order valence-electron chi connectivity index (χ3n) is 3.57. The van der Waals surface area contributed by atoms with Gasteiger partial charge in [-0.15, -0.1) is 0 Å². The van der Waals surface area contributed by atoms with Crippen LogP contribution in [0, 0.1) is 0 Å². The summed E-state index contributed by atoms with van der Waals surface area (Å²) in [5, 5.41) is 2.21. The number of nitrogens with one attached hydrogen (secondary N) is 1. The number of carbonyl (C=O) groups excluding carboxylic acids is 2. The van der Waals surface area contributed by atoms with Gasteiger partial charge in [0.05, 0.1) is 30.3 Å². The Bertz CT molecular complexity index is 589. The molecule has 0 aromatic heterocycles. The Balaban J connectivity index is 2.77. The molecule has 1 unspecified atom stereocenters. The van der Waals surface area contributed by atoms with Gasteiger partial charge in [0.15, 0.2) is 0 Å². The van der Waals surface area contributed by atoms with Gasteiger partial charge in [-0.1, -0.05) is 12.1 Å². The molecule has 2 amide bonds. The van der Waals surface area contributed by atoms with Gasteiger partial charge >= 0.3 is 6.18 Å². The van der Waals surface area contributed by atoms with Gasteiger partial charge in [0.25, 0.3) is 0 Å². The summed E-state index contributed by atoms with van der Waals surface area (Å²) in [6.07, 6.45) is -5.07. The average molecular weight is 361 g/mol. The Morgan fingerprint density at radius 2 is 1.96 bits per heavy atom. The summed E-state index contributed by atoms with van der Waals surface area (Å²) < 4.78 is 43.8. The quantitative estimate of drug-likeness (QED) is 0.740. The van der Waals surface area contributed by atoms with Gasteiger partial charge in [-0.25, -0.2) is 0 Å². The molecule has 0 saturated carbocycles. The average Bonchev–Trinajstić information content (AvgIpc) is 2.56. The minimum atomic E-state index is -4.59. The van der Waals surface area contributed by atoms with Crippen molar-refractivity contribution in [3.63, 3.8) is 0 Å². The van der Waals surface area contributed by atoms with Crippen molar-refractivity contribution in [1.82, 2.24) is 4.90 Å². The van der Waals surface area contributed by atoms with Gasteiger partial charge in [0, 0.05) is 20.2 Å². The summed E-state index contributed by atoms with van der Waals surface area (Å²) in [5.41, 5.74) is 4.16. The van der Waals surface area contributed by atoms with E-state index in [1.54, 1.807) is 6.92 Å². The number of hydrogen-bond donors (Lipinski definition) is 2. The first-order valence-electron chi connectivity index (χ1n) is 7.69. The lowest BCUT2D eigenvalue weighted by Crippen LogP contribution is -2.40. The van der Waals surface area contributed by atoms with Gasteiger partial charge in [-0.2, -0.15) is 13.2 Å². The third-order valence-corrected chi connectivity index (χ3v) is 3.57. The second kappa shape index (κ2) is 9.38. The number of para-hydroxylation sites is 1. The summed E-state index contributed by atoms with van der Waals surface area (Å²) in [6.45, 7) is 1.68. The molecule has 140 valence electrons. The maximum Gasteiger partial charge on any atom is 0.418 e. The lowest BCUT2D eigenvalue weighted by molar-refractivity contribution is -0.138. The number of rotatable bonds is 8. The molecule has 0 spiro atoms. The van der Waals surface area contributed by atoms with Crippen LogP contribution in [0.25, 0.3) is 0 Å². The van der Waals surface area contributed by atoms with Crippen LogP contribution in [-0.2, 0) is 20.5 Å². The molecule has 0 bridgehead atoms. The molecule has 0 radical (unpaired) electrons. The van der Waals surface area contributed by atoms with Crippen molar-refractivity contribution < 1.29 is 27.5 Å². The monoisotopic (exact) mass is 361 g/mol. The largest absolute Gasteiger partial charge is 0.418 e. The molecule has 1 aromatic carbocycles. The van der Waals surface area contributed by atoms with Crippen molar-refractivity contribution in [2.24, 2.45) is 5.73 Å². The fourth-order valence-corrected chi connectivity index (χ4v) is 2.17. The predicted molar refractivity (Wildman–Crippen MR) is 86.8 cm³/mol. The van der Waals surface area contributed by atoms with Crippen LogP contribution in [-0.4, -0.2) is 49.6 Å². The summed E-state index contributed by atoms with van der Waals surface area (Å²) >= 11 is 0. The van der Waals surface area contributed by atoms with Crippen LogP contribution in [0.15, 0.2) is 24.3 Å². The standard InChI is InChI=1S/C16H22F3N3O3/c1-3-22(15(24)8-11(9-20)25-2)10-14(23)21-13-7-5-4-6-12(13)16(17,18)19/h4-7,11H,3,8-10,20H2,1-2H3,(H,21,23). The number of benzene rings is 1. The number of carbonyl (C=O) groups is 2. The minimum Gasteiger partial charge on any atom is -0.380 e. The fraction of sp³-hybridized carbons (Fsp3) is 0.500. The van der Waals surface area contributed by atoms with E-state index in [1.807, 2.05) is 0 Å². The zero-order valence-corrected chi connectivity index (χ0v) is 14.1. The van der Waals surface area contributed by atoms with Crippen molar-refractivity contribution in [2.45, 2.75) is 25.6 Å². The second-order valence-electron chi connectivity index (χ2n) is 5.30. The Hall–Kier alpha value is -2.13. The van der Waals surface area contributed by atoms with Gasteiger partial charge in [0.1, 0.15) is 0 Å². The predicted octanol–water partition coefficient (Wildman–Crippen LogP) is 1.86. The molecule has 1 atom stereocenters. The van der Waals surface area contributed by atoms with Gasteiger partial charge < -0.3 is 20.7 Å². The van der Waals surface area contributed by atoms with Gasteiger partial charge in [-0.3, -0.25) is 9.59 Å². The van der Waals surface area contributed by atoms with E-state index in [1.165, 1.54) is 24.1 Å². The van der Waals surface area contributed by atoms with Crippen LogP contribution in [0.5, 0.6) is 0 Å². The van der Waals surface area contributed by atoms with Crippen LogP contribution in [0.1, 0.15) is 18.9 Å². The number of ether oxygens (including phenoxy) is 1. The Labute approximate surface area is 144 Å². The first-order valence-corrected chi connectivity index (χ1v) is 7.69. The number of nitrogens with zero attached hydrogens (tertiary/aromatic N) is 1.